The summed E-state index contributed by atoms with van der Waals surface area (Å²) in [7, 11) is 0. The van der Waals surface area contributed by atoms with Crippen molar-refractivity contribution in [1.82, 2.24) is 4.90 Å². The number of likely N-dealkylation sites (tertiary alicyclic amines) is 1. The number of aryl methyl sites for hydroxylation is 1. The highest BCUT2D eigenvalue weighted by molar-refractivity contribution is 6.34. The second-order valence-corrected chi connectivity index (χ2v) is 14.3. The molecule has 3 saturated heterocycles. The van der Waals surface area contributed by atoms with Gasteiger partial charge in [0.15, 0.2) is 0 Å². The smallest absolute Gasteiger partial charge is 0.253 e. The lowest BCUT2D eigenvalue weighted by atomic mass is 9.64. The number of para-hydroxylation sites is 1. The van der Waals surface area contributed by atoms with E-state index in [0.717, 1.165) is 5.56 Å². The molecule has 3 fully saturated rings. The Morgan fingerprint density at radius 3 is 2.33 bits per heavy atom. The number of fused-ring (bicyclic) bond motifs is 1. The van der Waals surface area contributed by atoms with Crippen molar-refractivity contribution in [2.24, 2.45) is 17.8 Å². The van der Waals surface area contributed by atoms with Crippen LogP contribution in [0, 0.1) is 24.7 Å². The van der Waals surface area contributed by atoms with E-state index in [9.17, 15) is 9.90 Å². The predicted octanol–water partition coefficient (Wildman–Crippen LogP) is 6.35. The number of nitrogens with zero attached hydrogens (tertiary/aromatic N) is 3. The van der Waals surface area contributed by atoms with Gasteiger partial charge in [-0.1, -0.05) is 56.7 Å². The maximum absolute atomic E-state index is 15.2. The van der Waals surface area contributed by atoms with Crippen LogP contribution >= 0.6 is 11.6 Å². The number of benzene rings is 2. The Labute approximate surface area is 295 Å². The molecule has 0 aromatic heterocycles. The van der Waals surface area contributed by atoms with Gasteiger partial charge in [-0.2, -0.15) is 0 Å². The number of ether oxygens (including phenoxy) is 2. The van der Waals surface area contributed by atoms with E-state index in [1.54, 1.807) is 32.9 Å². The Balaban J connectivity index is 1.66. The lowest BCUT2D eigenvalue weighted by molar-refractivity contribution is -0.149. The quantitative estimate of drug-likeness (QED) is 0.219. The monoisotopic (exact) mass is 691 g/mol. The first-order chi connectivity index (χ1) is 23.4. The number of amides is 3. The largest absolute Gasteiger partial charge is 0.494 e. The van der Waals surface area contributed by atoms with Crippen LogP contribution in [0.1, 0.15) is 58.9 Å². The fraction of sp³-hybridized carbons (Fsp3) is 0.513. The molecule has 10 heteroatoms. The van der Waals surface area contributed by atoms with Crippen LogP contribution in [0.4, 0.5) is 11.4 Å². The lowest BCUT2D eigenvalue weighted by Gasteiger charge is -2.40. The van der Waals surface area contributed by atoms with Gasteiger partial charge in [-0.3, -0.25) is 14.4 Å². The molecule has 1 N–H and O–H groups in total. The summed E-state index contributed by atoms with van der Waals surface area (Å²) in [5, 5.41) is 11.2. The van der Waals surface area contributed by atoms with Gasteiger partial charge in [0.25, 0.3) is 5.91 Å². The molecule has 9 nitrogen and oxygen atoms in total. The molecule has 49 heavy (non-hydrogen) atoms. The van der Waals surface area contributed by atoms with Gasteiger partial charge in [-0.05, 0) is 81.3 Å². The summed E-state index contributed by atoms with van der Waals surface area (Å²) in [5.74, 6) is -1.96. The third kappa shape index (κ3) is 6.19. The van der Waals surface area contributed by atoms with E-state index >= 15 is 9.59 Å². The molecule has 6 atom stereocenters. The summed E-state index contributed by atoms with van der Waals surface area (Å²) >= 11 is 6.74. The summed E-state index contributed by atoms with van der Waals surface area (Å²) < 4.78 is 12.7. The summed E-state index contributed by atoms with van der Waals surface area (Å²) in [5.41, 5.74) is -0.279. The average Bonchev–Trinajstić information content (AvgIpc) is 3.69. The number of aliphatic hydroxyl groups is 1. The third-order valence-electron chi connectivity index (χ3n) is 10.5. The number of aliphatic hydroxyl groups excluding tert-OH is 1. The van der Waals surface area contributed by atoms with Crippen LogP contribution in [0.2, 0.25) is 5.02 Å². The molecule has 2 aromatic carbocycles. The molecule has 0 saturated carbocycles. The van der Waals surface area contributed by atoms with Crippen molar-refractivity contribution < 1.29 is 29.0 Å². The maximum Gasteiger partial charge on any atom is 0.253 e. The van der Waals surface area contributed by atoms with E-state index in [1.807, 2.05) is 71.0 Å². The minimum atomic E-state index is -1.29. The zero-order chi connectivity index (χ0) is 35.7. The van der Waals surface area contributed by atoms with Gasteiger partial charge in [0.1, 0.15) is 17.4 Å². The summed E-state index contributed by atoms with van der Waals surface area (Å²) in [4.78, 5) is 49.9. The molecule has 2 aromatic rings. The molecular weight excluding hydrogens is 642 g/mol. The van der Waals surface area contributed by atoms with E-state index in [2.05, 4.69) is 13.2 Å². The number of halogens is 1. The third-order valence-corrected chi connectivity index (χ3v) is 10.8. The van der Waals surface area contributed by atoms with Crippen LogP contribution in [-0.2, 0) is 19.1 Å². The minimum absolute atomic E-state index is 0.119. The Hall–Kier alpha value is -3.66. The average molecular weight is 692 g/mol. The molecule has 3 aliphatic heterocycles. The van der Waals surface area contributed by atoms with Crippen molar-refractivity contribution in [2.75, 3.05) is 36.1 Å². The Morgan fingerprint density at radius 1 is 1.08 bits per heavy atom. The van der Waals surface area contributed by atoms with Crippen molar-refractivity contribution >= 4 is 40.7 Å². The van der Waals surface area contributed by atoms with Gasteiger partial charge >= 0.3 is 0 Å². The van der Waals surface area contributed by atoms with E-state index in [-0.39, 0.29) is 43.3 Å². The predicted molar refractivity (Wildman–Crippen MR) is 193 cm³/mol. The summed E-state index contributed by atoms with van der Waals surface area (Å²) in [6, 6.07) is 11.0. The topological polar surface area (TPSA) is 99.6 Å². The highest BCUT2D eigenvalue weighted by Crippen LogP contribution is 2.65. The van der Waals surface area contributed by atoms with E-state index in [1.165, 1.54) is 0 Å². The second kappa shape index (κ2) is 14.7. The lowest BCUT2D eigenvalue weighted by Crippen LogP contribution is -2.59. The van der Waals surface area contributed by atoms with Gasteiger partial charge in [-0.25, -0.2) is 0 Å². The fourth-order valence-electron chi connectivity index (χ4n) is 8.57. The molecule has 2 unspecified atom stereocenters. The number of carbonyl (C=O) groups excluding carboxylic acids is 3. The van der Waals surface area contributed by atoms with Crippen LogP contribution in [0.3, 0.4) is 0 Å². The first-order valence-electron chi connectivity index (χ1n) is 17.4. The number of hydrogen-bond acceptors (Lipinski definition) is 6. The first kappa shape index (κ1) is 36.6. The number of rotatable bonds is 15. The maximum atomic E-state index is 15.2. The van der Waals surface area contributed by atoms with Gasteiger partial charge in [0.2, 0.25) is 11.8 Å². The molecule has 264 valence electrons. The van der Waals surface area contributed by atoms with Crippen LogP contribution in [0.25, 0.3) is 0 Å². The zero-order valence-electron chi connectivity index (χ0n) is 29.4. The molecule has 3 amide bonds. The minimum Gasteiger partial charge on any atom is -0.494 e. The van der Waals surface area contributed by atoms with Crippen LogP contribution in [-0.4, -0.2) is 77.3 Å². The fourth-order valence-corrected chi connectivity index (χ4v) is 8.89. The van der Waals surface area contributed by atoms with Gasteiger partial charge < -0.3 is 29.3 Å². The van der Waals surface area contributed by atoms with Crippen LogP contribution in [0.15, 0.2) is 67.8 Å². The normalized spacial score (nSPS) is 26.1. The highest BCUT2D eigenvalue weighted by Gasteiger charge is 2.79. The zero-order valence-corrected chi connectivity index (χ0v) is 30.1. The molecule has 0 aliphatic carbocycles. The Morgan fingerprint density at radius 2 is 1.76 bits per heavy atom. The summed E-state index contributed by atoms with van der Waals surface area (Å²) in [6.07, 6.45) is 5.17. The number of hydrogen-bond donors (Lipinski definition) is 1. The first-order valence-corrected chi connectivity index (χ1v) is 17.8. The van der Waals surface area contributed by atoms with Crippen molar-refractivity contribution in [3.63, 3.8) is 0 Å². The van der Waals surface area contributed by atoms with Gasteiger partial charge in [0.05, 0.1) is 47.4 Å². The van der Waals surface area contributed by atoms with Crippen LogP contribution in [0.5, 0.6) is 5.75 Å². The SMILES string of the molecule is C=CCN(C(=O)[C@@H]1[C@H]2C(=O)N([C@@H](CO)CC(C)C)C(C(=O)N(CC=C)c3c(C)cccc3Cl)C23CC[C@@]1(CC)O3)c1ccc(OCC)cc1. The molecule has 2 bridgehead atoms. The van der Waals surface area contributed by atoms with Crippen molar-refractivity contribution in [3.05, 3.63) is 78.4 Å². The molecule has 0 radical (unpaired) electrons. The van der Waals surface area contributed by atoms with E-state index in [4.69, 9.17) is 21.1 Å². The number of anilines is 2. The van der Waals surface area contributed by atoms with Gasteiger partial charge in [0, 0.05) is 18.8 Å². The Kier molecular flexibility index (Phi) is 11.0. The standard InChI is InChI=1S/C39H50ClN3O6/c1-8-21-41(27-15-17-29(18-16-27)48-11-4)35(45)31-32-36(46)43(28(24-44)23-25(5)6)34(39(32)20-19-38(31,10-3)49-39)37(47)42(22-9-2)33-26(7)13-12-14-30(33)40/h8-9,12-18,25,28,31-32,34,44H,1-2,10-11,19-24H2,3-7H3/t28-,31+,32+,34?,38-,39?/m1/s1. The number of carbonyl (C=O) groups is 3. The molecule has 3 heterocycles. The Bertz CT molecular complexity index is 1560. The van der Waals surface area contributed by atoms with E-state index < -0.39 is 35.1 Å². The van der Waals surface area contributed by atoms with Crippen molar-refractivity contribution in [3.8, 4) is 5.75 Å². The van der Waals surface area contributed by atoms with Gasteiger partial charge in [-0.15, -0.1) is 13.2 Å². The molecule has 1 spiro atoms. The second-order valence-electron chi connectivity index (χ2n) is 13.9. The molecule has 5 rings (SSSR count). The van der Waals surface area contributed by atoms with Crippen molar-refractivity contribution in [1.29, 1.82) is 0 Å². The highest BCUT2D eigenvalue weighted by atomic mass is 35.5. The molecular formula is C39H50ClN3O6. The van der Waals surface area contributed by atoms with Crippen LogP contribution < -0.4 is 14.5 Å². The van der Waals surface area contributed by atoms with Crippen molar-refractivity contribution in [2.45, 2.75) is 83.6 Å². The summed E-state index contributed by atoms with van der Waals surface area (Å²) in [6.45, 7) is 18.2. The molecule has 3 aliphatic rings. The van der Waals surface area contributed by atoms with E-state index in [0.29, 0.717) is 54.4 Å².